The first kappa shape index (κ1) is 16.0. The van der Waals surface area contributed by atoms with Crippen LogP contribution in [0.15, 0.2) is 18.2 Å². The van der Waals surface area contributed by atoms with Crippen LogP contribution in [0.5, 0.6) is 0 Å². The Hall–Kier alpha value is -2.37. The summed E-state index contributed by atoms with van der Waals surface area (Å²) in [5.74, 6) is -1.49. The Bertz CT molecular complexity index is 621. The molecule has 0 radical (unpaired) electrons. The predicted octanol–water partition coefficient (Wildman–Crippen LogP) is 1.94. The number of anilines is 1. The summed E-state index contributed by atoms with van der Waals surface area (Å²) >= 11 is 0. The lowest BCUT2D eigenvalue weighted by Gasteiger charge is -2.36. The van der Waals surface area contributed by atoms with Gasteiger partial charge in [-0.3, -0.25) is 14.4 Å². The second kappa shape index (κ2) is 6.17. The van der Waals surface area contributed by atoms with Crippen LogP contribution >= 0.6 is 0 Å². The van der Waals surface area contributed by atoms with Crippen molar-refractivity contribution in [2.45, 2.75) is 32.6 Å². The van der Waals surface area contributed by atoms with E-state index in [1.54, 1.807) is 18.2 Å². The first-order valence-electron chi connectivity index (χ1n) is 7.24. The van der Waals surface area contributed by atoms with E-state index in [1.165, 1.54) is 7.05 Å². The molecule has 0 bridgehead atoms. The highest BCUT2D eigenvalue weighted by atomic mass is 16.4. The maximum absolute atomic E-state index is 12.2. The van der Waals surface area contributed by atoms with Crippen molar-refractivity contribution in [3.63, 3.8) is 0 Å². The summed E-state index contributed by atoms with van der Waals surface area (Å²) in [6.45, 7) is 1.82. The van der Waals surface area contributed by atoms with E-state index in [-0.39, 0.29) is 18.2 Å². The number of rotatable bonds is 5. The number of amides is 2. The lowest BCUT2D eigenvalue weighted by atomic mass is 9.66. The molecule has 1 aromatic carbocycles. The molecule has 0 heterocycles. The van der Waals surface area contributed by atoms with E-state index >= 15 is 0 Å². The Labute approximate surface area is 128 Å². The van der Waals surface area contributed by atoms with Gasteiger partial charge in [-0.1, -0.05) is 12.5 Å². The third-order valence-corrected chi connectivity index (χ3v) is 4.26. The number of nitrogens with one attached hydrogen (secondary N) is 2. The molecule has 3 N–H and O–H groups in total. The van der Waals surface area contributed by atoms with Crippen molar-refractivity contribution < 1.29 is 19.5 Å². The Morgan fingerprint density at radius 3 is 2.45 bits per heavy atom. The van der Waals surface area contributed by atoms with E-state index in [2.05, 4.69) is 10.6 Å². The fourth-order valence-corrected chi connectivity index (χ4v) is 2.61. The largest absolute Gasteiger partial charge is 0.481 e. The zero-order valence-corrected chi connectivity index (χ0v) is 12.7. The van der Waals surface area contributed by atoms with Crippen molar-refractivity contribution in [1.82, 2.24) is 5.32 Å². The maximum atomic E-state index is 12.2. The van der Waals surface area contributed by atoms with Gasteiger partial charge < -0.3 is 15.7 Å². The summed E-state index contributed by atoms with van der Waals surface area (Å²) in [6, 6.07) is 5.02. The summed E-state index contributed by atoms with van der Waals surface area (Å²) in [4.78, 5) is 35.1. The van der Waals surface area contributed by atoms with Gasteiger partial charge in [0.25, 0.3) is 5.91 Å². The van der Waals surface area contributed by atoms with Crippen LogP contribution in [0.4, 0.5) is 5.69 Å². The molecule has 1 saturated carbocycles. The number of carbonyl (C=O) groups excluding carboxylic acids is 2. The van der Waals surface area contributed by atoms with Crippen molar-refractivity contribution in [1.29, 1.82) is 0 Å². The molecule has 0 aliphatic heterocycles. The van der Waals surface area contributed by atoms with Gasteiger partial charge in [0.15, 0.2) is 0 Å². The van der Waals surface area contributed by atoms with E-state index in [1.807, 2.05) is 6.92 Å². The number of aliphatic carboxylic acids is 1. The fourth-order valence-electron chi connectivity index (χ4n) is 2.61. The van der Waals surface area contributed by atoms with Crippen molar-refractivity contribution in [2.24, 2.45) is 5.41 Å². The molecule has 0 aromatic heterocycles. The number of carboxylic acids is 1. The average molecular weight is 304 g/mol. The van der Waals surface area contributed by atoms with Gasteiger partial charge in [-0.25, -0.2) is 0 Å². The summed E-state index contributed by atoms with van der Waals surface area (Å²) in [6.07, 6.45) is 1.87. The van der Waals surface area contributed by atoms with Crippen LogP contribution in [0, 0.1) is 12.3 Å². The van der Waals surface area contributed by atoms with Crippen LogP contribution in [-0.2, 0) is 9.59 Å². The Balaban J connectivity index is 2.11. The predicted molar refractivity (Wildman–Crippen MR) is 81.7 cm³/mol. The average Bonchev–Trinajstić information content (AvgIpc) is 2.44. The zero-order chi connectivity index (χ0) is 16.3. The van der Waals surface area contributed by atoms with E-state index < -0.39 is 11.4 Å². The SMILES string of the molecule is CNC(=O)c1ccc(C)c(NC(=O)CC2(C(=O)O)CCC2)c1. The second-order valence-corrected chi connectivity index (χ2v) is 5.77. The molecular formula is C16H20N2O4. The topological polar surface area (TPSA) is 95.5 Å². The molecule has 0 saturated heterocycles. The third-order valence-electron chi connectivity index (χ3n) is 4.26. The van der Waals surface area contributed by atoms with E-state index in [0.717, 1.165) is 12.0 Å². The summed E-state index contributed by atoms with van der Waals surface area (Å²) in [7, 11) is 1.54. The van der Waals surface area contributed by atoms with Gasteiger partial charge in [-0.15, -0.1) is 0 Å². The third kappa shape index (κ3) is 3.10. The molecule has 0 spiro atoms. The number of hydrogen-bond donors (Lipinski definition) is 3. The van der Waals surface area contributed by atoms with Crippen LogP contribution in [-0.4, -0.2) is 29.9 Å². The molecule has 1 aliphatic rings. The minimum atomic E-state index is -0.920. The van der Waals surface area contributed by atoms with Crippen LogP contribution in [0.1, 0.15) is 41.6 Å². The van der Waals surface area contributed by atoms with Crippen LogP contribution in [0.2, 0.25) is 0 Å². The minimum Gasteiger partial charge on any atom is -0.481 e. The highest BCUT2D eigenvalue weighted by molar-refractivity contribution is 5.98. The van der Waals surface area contributed by atoms with Crippen molar-refractivity contribution in [2.75, 3.05) is 12.4 Å². The van der Waals surface area contributed by atoms with Crippen LogP contribution in [0.3, 0.4) is 0 Å². The number of hydrogen-bond acceptors (Lipinski definition) is 3. The number of carboxylic acid groups (broad SMARTS) is 1. The molecule has 1 aromatic rings. The lowest BCUT2D eigenvalue weighted by molar-refractivity contribution is -0.157. The van der Waals surface area contributed by atoms with Crippen molar-refractivity contribution in [3.05, 3.63) is 29.3 Å². The Morgan fingerprint density at radius 2 is 1.95 bits per heavy atom. The first-order chi connectivity index (χ1) is 10.4. The molecule has 2 rings (SSSR count). The maximum Gasteiger partial charge on any atom is 0.310 e. The summed E-state index contributed by atoms with van der Waals surface area (Å²) in [5, 5.41) is 14.5. The molecule has 1 aliphatic carbocycles. The molecule has 0 unspecified atom stereocenters. The second-order valence-electron chi connectivity index (χ2n) is 5.77. The Kier molecular flexibility index (Phi) is 4.49. The van der Waals surface area contributed by atoms with Gasteiger partial charge in [0.2, 0.25) is 5.91 Å². The molecule has 0 atom stereocenters. The van der Waals surface area contributed by atoms with Gasteiger partial charge in [-0.05, 0) is 37.5 Å². The lowest BCUT2D eigenvalue weighted by Crippen LogP contribution is -2.41. The van der Waals surface area contributed by atoms with Crippen LogP contribution in [0.25, 0.3) is 0 Å². The van der Waals surface area contributed by atoms with Gasteiger partial charge in [-0.2, -0.15) is 0 Å². The van der Waals surface area contributed by atoms with Crippen molar-refractivity contribution in [3.8, 4) is 0 Å². The quantitative estimate of drug-likeness (QED) is 0.774. The Morgan fingerprint density at radius 1 is 1.27 bits per heavy atom. The minimum absolute atomic E-state index is 0.0357. The molecule has 6 heteroatoms. The normalized spacial score (nSPS) is 15.5. The summed E-state index contributed by atoms with van der Waals surface area (Å²) < 4.78 is 0. The molecule has 118 valence electrons. The van der Waals surface area contributed by atoms with Gasteiger partial charge in [0, 0.05) is 24.7 Å². The highest BCUT2D eigenvalue weighted by Gasteiger charge is 2.45. The van der Waals surface area contributed by atoms with E-state index in [0.29, 0.717) is 24.1 Å². The molecule has 6 nitrogen and oxygen atoms in total. The molecule has 1 fully saturated rings. The van der Waals surface area contributed by atoms with Crippen LogP contribution < -0.4 is 10.6 Å². The monoisotopic (exact) mass is 304 g/mol. The molecule has 22 heavy (non-hydrogen) atoms. The number of aryl methyl sites for hydroxylation is 1. The number of carbonyl (C=O) groups is 3. The fraction of sp³-hybridized carbons (Fsp3) is 0.438. The van der Waals surface area contributed by atoms with Crippen molar-refractivity contribution >= 4 is 23.5 Å². The highest BCUT2D eigenvalue weighted by Crippen LogP contribution is 2.44. The standard InChI is InChI=1S/C16H20N2O4/c1-10-4-5-11(14(20)17-2)8-12(10)18-13(19)9-16(15(21)22)6-3-7-16/h4-5,8H,3,6-7,9H2,1-2H3,(H,17,20)(H,18,19)(H,21,22). The van der Waals surface area contributed by atoms with Gasteiger partial charge >= 0.3 is 5.97 Å². The van der Waals surface area contributed by atoms with E-state index in [9.17, 15) is 19.5 Å². The zero-order valence-electron chi connectivity index (χ0n) is 12.7. The molecule has 2 amide bonds. The smallest absolute Gasteiger partial charge is 0.310 e. The first-order valence-corrected chi connectivity index (χ1v) is 7.24. The number of benzene rings is 1. The van der Waals surface area contributed by atoms with Gasteiger partial charge in [0.05, 0.1) is 5.41 Å². The van der Waals surface area contributed by atoms with Gasteiger partial charge in [0.1, 0.15) is 0 Å². The molecular weight excluding hydrogens is 284 g/mol. The van der Waals surface area contributed by atoms with E-state index in [4.69, 9.17) is 0 Å². The summed E-state index contributed by atoms with van der Waals surface area (Å²) in [5.41, 5.74) is 0.876.